The largest absolute Gasteiger partial charge is 0.452 e. The van der Waals surface area contributed by atoms with Gasteiger partial charge >= 0.3 is 12.1 Å². The summed E-state index contributed by atoms with van der Waals surface area (Å²) in [6, 6.07) is 3.70. The number of alkyl halides is 3. The maximum absolute atomic E-state index is 13.7. The van der Waals surface area contributed by atoms with E-state index in [-0.39, 0.29) is 36.2 Å². The molecule has 9 nitrogen and oxygen atoms in total. The zero-order valence-electron chi connectivity index (χ0n) is 17.9. The van der Waals surface area contributed by atoms with E-state index in [1.165, 1.54) is 29.3 Å². The Bertz CT molecular complexity index is 1120. The van der Waals surface area contributed by atoms with Gasteiger partial charge in [-0.1, -0.05) is 19.9 Å². The van der Waals surface area contributed by atoms with Crippen LogP contribution in [0.3, 0.4) is 0 Å². The molecule has 0 unspecified atom stereocenters. The number of aromatic nitrogens is 3. The maximum Gasteiger partial charge on any atom is 0.434 e. The molecule has 1 amide bonds. The van der Waals surface area contributed by atoms with Gasteiger partial charge in [-0.3, -0.25) is 4.79 Å². The first-order valence-electron chi connectivity index (χ1n) is 10.1. The van der Waals surface area contributed by atoms with Crippen molar-refractivity contribution in [2.45, 2.75) is 32.5 Å². The van der Waals surface area contributed by atoms with Gasteiger partial charge in [-0.25, -0.2) is 22.9 Å². The van der Waals surface area contributed by atoms with Crippen LogP contribution >= 0.6 is 0 Å². The molecule has 2 aromatic heterocycles. The third-order valence-electron chi connectivity index (χ3n) is 4.98. The van der Waals surface area contributed by atoms with Crippen molar-refractivity contribution in [1.82, 2.24) is 19.7 Å². The summed E-state index contributed by atoms with van der Waals surface area (Å²) in [4.78, 5) is 30.3. The number of esters is 1. The van der Waals surface area contributed by atoms with Crippen molar-refractivity contribution in [1.29, 1.82) is 0 Å². The summed E-state index contributed by atoms with van der Waals surface area (Å²) in [7, 11) is -3.27. The maximum atomic E-state index is 13.7. The fourth-order valence-electron chi connectivity index (χ4n) is 3.58. The number of carbonyl (C=O) groups is 2. The molecule has 0 spiro atoms. The zero-order chi connectivity index (χ0) is 24.4. The Labute approximate surface area is 188 Å². The number of ether oxygens (including phenoxy) is 1. The van der Waals surface area contributed by atoms with Crippen LogP contribution in [-0.4, -0.2) is 70.7 Å². The van der Waals surface area contributed by atoms with Gasteiger partial charge in [0.05, 0.1) is 17.7 Å². The van der Waals surface area contributed by atoms with Crippen molar-refractivity contribution >= 4 is 21.7 Å². The van der Waals surface area contributed by atoms with Crippen molar-refractivity contribution in [2.75, 3.05) is 24.7 Å². The average Bonchev–Trinajstić information content (AvgIpc) is 3.34. The zero-order valence-corrected chi connectivity index (χ0v) is 18.8. The minimum atomic E-state index is -4.95. The van der Waals surface area contributed by atoms with Crippen LogP contribution in [0, 0.1) is 5.92 Å². The molecule has 0 N–H and O–H groups in total. The van der Waals surface area contributed by atoms with Crippen LogP contribution in [0.25, 0.3) is 5.82 Å². The van der Waals surface area contributed by atoms with E-state index in [1.54, 1.807) is 0 Å². The SMILES string of the molecule is CC(C)CN(C(=O)COC(=O)c1cnn(-c2ccccn2)c1C(F)(F)F)[C@H]1CCS(=O)(=O)C1. The minimum Gasteiger partial charge on any atom is -0.452 e. The Kier molecular flexibility index (Phi) is 7.10. The van der Waals surface area contributed by atoms with E-state index in [0.29, 0.717) is 10.9 Å². The topological polar surface area (TPSA) is 111 Å². The number of sulfone groups is 1. The summed E-state index contributed by atoms with van der Waals surface area (Å²) < 4.78 is 70.1. The van der Waals surface area contributed by atoms with Gasteiger partial charge in [-0.15, -0.1) is 0 Å². The van der Waals surface area contributed by atoms with Crippen molar-refractivity contribution in [3.8, 4) is 5.82 Å². The second-order valence-electron chi connectivity index (χ2n) is 8.08. The first-order chi connectivity index (χ1) is 15.4. The summed E-state index contributed by atoms with van der Waals surface area (Å²) >= 11 is 0. The molecule has 0 aliphatic carbocycles. The lowest BCUT2D eigenvalue weighted by atomic mass is 10.1. The van der Waals surface area contributed by atoms with Crippen LogP contribution in [0.5, 0.6) is 0 Å². The van der Waals surface area contributed by atoms with Gasteiger partial charge in [-0.2, -0.15) is 18.3 Å². The van der Waals surface area contributed by atoms with E-state index >= 15 is 0 Å². The highest BCUT2D eigenvalue weighted by Crippen LogP contribution is 2.33. The molecule has 1 aliphatic heterocycles. The van der Waals surface area contributed by atoms with E-state index in [1.807, 2.05) is 13.8 Å². The van der Waals surface area contributed by atoms with Gasteiger partial charge in [-0.05, 0) is 24.5 Å². The van der Waals surface area contributed by atoms with E-state index in [2.05, 4.69) is 10.1 Å². The van der Waals surface area contributed by atoms with Crippen LogP contribution < -0.4 is 0 Å². The third-order valence-corrected chi connectivity index (χ3v) is 6.73. The Morgan fingerprint density at radius 3 is 2.58 bits per heavy atom. The average molecular weight is 488 g/mol. The molecule has 2 aromatic rings. The van der Waals surface area contributed by atoms with Gasteiger partial charge in [0.25, 0.3) is 5.91 Å². The normalized spacial score (nSPS) is 17.8. The molecule has 0 radical (unpaired) electrons. The van der Waals surface area contributed by atoms with Crippen LogP contribution in [0.1, 0.15) is 36.3 Å². The molecule has 0 saturated carbocycles. The summed E-state index contributed by atoms with van der Waals surface area (Å²) in [6.07, 6.45) is -2.71. The lowest BCUT2D eigenvalue weighted by Crippen LogP contribution is -2.45. The number of nitrogens with zero attached hydrogens (tertiary/aromatic N) is 4. The van der Waals surface area contributed by atoms with E-state index in [4.69, 9.17) is 4.74 Å². The number of amides is 1. The molecule has 13 heteroatoms. The van der Waals surface area contributed by atoms with Crippen LogP contribution in [-0.2, 0) is 25.5 Å². The molecule has 1 atom stereocenters. The highest BCUT2D eigenvalue weighted by atomic mass is 32.2. The van der Waals surface area contributed by atoms with E-state index < -0.39 is 51.8 Å². The fraction of sp³-hybridized carbons (Fsp3) is 0.500. The predicted octanol–water partition coefficient (Wildman–Crippen LogP) is 2.11. The van der Waals surface area contributed by atoms with Crippen molar-refractivity contribution in [2.24, 2.45) is 5.92 Å². The number of carbonyl (C=O) groups excluding carboxylic acids is 2. The fourth-order valence-corrected chi connectivity index (χ4v) is 5.31. The van der Waals surface area contributed by atoms with Crippen LogP contribution in [0.4, 0.5) is 13.2 Å². The van der Waals surface area contributed by atoms with Gasteiger partial charge in [0.2, 0.25) is 0 Å². The number of pyridine rings is 1. The first kappa shape index (κ1) is 24.7. The third kappa shape index (κ3) is 5.89. The Morgan fingerprint density at radius 2 is 2.03 bits per heavy atom. The molecule has 180 valence electrons. The van der Waals surface area contributed by atoms with Gasteiger partial charge in [0.15, 0.2) is 28.0 Å². The predicted molar refractivity (Wildman–Crippen MR) is 110 cm³/mol. The summed E-state index contributed by atoms with van der Waals surface area (Å²) in [5, 5.41) is 3.63. The number of hydrogen-bond acceptors (Lipinski definition) is 7. The lowest BCUT2D eigenvalue weighted by molar-refractivity contribution is -0.143. The molecule has 3 heterocycles. The van der Waals surface area contributed by atoms with Crippen molar-refractivity contribution in [3.05, 3.63) is 41.9 Å². The second kappa shape index (κ2) is 9.49. The highest BCUT2D eigenvalue weighted by Gasteiger charge is 2.42. The minimum absolute atomic E-state index is 0.00129. The molecule has 1 saturated heterocycles. The van der Waals surface area contributed by atoms with Crippen molar-refractivity contribution in [3.63, 3.8) is 0 Å². The summed E-state index contributed by atoms with van der Waals surface area (Å²) in [6.45, 7) is 3.06. The Morgan fingerprint density at radius 1 is 1.30 bits per heavy atom. The molecular formula is C20H23F3N4O5S. The molecule has 3 rings (SSSR count). The Balaban J connectivity index is 1.78. The summed E-state index contributed by atoms with van der Waals surface area (Å²) in [5.41, 5.74) is -2.24. The molecule has 1 aliphatic rings. The van der Waals surface area contributed by atoms with Crippen LogP contribution in [0.15, 0.2) is 30.6 Å². The van der Waals surface area contributed by atoms with Gasteiger partial charge in [0.1, 0.15) is 5.56 Å². The quantitative estimate of drug-likeness (QED) is 0.549. The lowest BCUT2D eigenvalue weighted by Gasteiger charge is -2.29. The summed E-state index contributed by atoms with van der Waals surface area (Å²) in [5.74, 6) is -2.45. The molecule has 0 bridgehead atoms. The van der Waals surface area contributed by atoms with Gasteiger partial charge < -0.3 is 9.64 Å². The molecule has 1 fully saturated rings. The molecular weight excluding hydrogens is 465 g/mol. The molecule has 33 heavy (non-hydrogen) atoms. The van der Waals surface area contributed by atoms with Gasteiger partial charge in [0, 0.05) is 18.8 Å². The first-order valence-corrected chi connectivity index (χ1v) is 11.9. The highest BCUT2D eigenvalue weighted by molar-refractivity contribution is 7.91. The van der Waals surface area contributed by atoms with E-state index in [9.17, 15) is 31.2 Å². The number of hydrogen-bond donors (Lipinski definition) is 0. The second-order valence-corrected chi connectivity index (χ2v) is 10.3. The smallest absolute Gasteiger partial charge is 0.434 e. The van der Waals surface area contributed by atoms with Crippen molar-refractivity contribution < 1.29 is 35.9 Å². The molecule has 0 aromatic carbocycles. The number of rotatable bonds is 7. The standard InChI is InChI=1S/C20H23F3N4O5S/c1-13(2)10-26(14-6-8-33(30,31)12-14)17(28)11-32-19(29)15-9-25-27(18(15)20(21,22)23)16-5-3-4-7-24-16/h3-5,7,9,13-14H,6,8,10-12H2,1-2H3/t14-/m0/s1. The van der Waals surface area contributed by atoms with E-state index in [0.717, 1.165) is 0 Å². The van der Waals surface area contributed by atoms with Crippen LogP contribution in [0.2, 0.25) is 0 Å². The Hall–Kier alpha value is -2.96. The monoisotopic (exact) mass is 488 g/mol. The number of halogens is 3.